The molecule has 4 heteroatoms. The van der Waals surface area contributed by atoms with Crippen LogP contribution in [0.2, 0.25) is 0 Å². The van der Waals surface area contributed by atoms with Crippen molar-refractivity contribution in [2.24, 2.45) is 0 Å². The fourth-order valence-corrected chi connectivity index (χ4v) is 0.777. The maximum Gasteiger partial charge on any atom is 0.139 e. The molecular formula is C6H10O4. The van der Waals surface area contributed by atoms with Crippen LogP contribution in [0, 0.1) is 0 Å². The van der Waals surface area contributed by atoms with Gasteiger partial charge in [-0.1, -0.05) is 6.58 Å². The average Bonchev–Trinajstić information content (AvgIpc) is 1.93. The minimum Gasteiger partial charge on any atom is -0.493 e. The highest BCUT2D eigenvalue weighted by Crippen LogP contribution is 2.16. The summed E-state index contributed by atoms with van der Waals surface area (Å²) in [5.74, 6) is 0.109. The van der Waals surface area contributed by atoms with E-state index >= 15 is 0 Å². The molecule has 1 aliphatic heterocycles. The maximum absolute atomic E-state index is 8.98. The van der Waals surface area contributed by atoms with Gasteiger partial charge in [-0.05, 0) is 0 Å². The predicted octanol–water partition coefficient (Wildman–Crippen LogP) is -1.39. The van der Waals surface area contributed by atoms with Gasteiger partial charge in [0.15, 0.2) is 0 Å². The largest absolute Gasteiger partial charge is 0.493 e. The van der Waals surface area contributed by atoms with Crippen LogP contribution in [-0.2, 0) is 4.74 Å². The first kappa shape index (κ1) is 7.53. The topological polar surface area (TPSA) is 69.9 Å². The lowest BCUT2D eigenvalue weighted by Gasteiger charge is -2.29. The second-order valence-electron chi connectivity index (χ2n) is 2.28. The lowest BCUT2D eigenvalue weighted by Crippen LogP contribution is -2.45. The molecule has 3 atom stereocenters. The molecular weight excluding hydrogens is 136 g/mol. The second-order valence-corrected chi connectivity index (χ2v) is 2.28. The molecule has 1 saturated heterocycles. The highest BCUT2D eigenvalue weighted by molar-refractivity contribution is 5.01. The van der Waals surface area contributed by atoms with Crippen molar-refractivity contribution in [2.45, 2.75) is 18.3 Å². The molecule has 0 aromatic carbocycles. The van der Waals surface area contributed by atoms with E-state index in [2.05, 4.69) is 6.58 Å². The van der Waals surface area contributed by atoms with Crippen LogP contribution in [0.4, 0.5) is 0 Å². The van der Waals surface area contributed by atoms with Gasteiger partial charge in [-0.25, -0.2) is 0 Å². The first-order valence-corrected chi connectivity index (χ1v) is 2.98. The van der Waals surface area contributed by atoms with E-state index in [0.717, 1.165) is 0 Å². The third kappa shape index (κ3) is 1.13. The standard InChI is InChI=1S/C6H10O4/c1-3-5(8)6(9)4(7)2-10-3/h4-9H,1-2H2/t4-,5+,6+/m0/s1. The third-order valence-corrected chi connectivity index (χ3v) is 1.49. The van der Waals surface area contributed by atoms with E-state index in [9.17, 15) is 0 Å². The van der Waals surface area contributed by atoms with Crippen LogP contribution in [0.15, 0.2) is 12.3 Å². The van der Waals surface area contributed by atoms with Crippen molar-refractivity contribution in [1.82, 2.24) is 0 Å². The molecule has 0 bridgehead atoms. The molecule has 0 radical (unpaired) electrons. The number of ether oxygens (including phenoxy) is 1. The Balaban J connectivity index is 2.60. The highest BCUT2D eigenvalue weighted by Gasteiger charge is 2.32. The van der Waals surface area contributed by atoms with Gasteiger partial charge in [0.1, 0.15) is 30.7 Å². The monoisotopic (exact) mass is 146 g/mol. The Morgan fingerprint density at radius 3 is 2.50 bits per heavy atom. The minimum atomic E-state index is -1.17. The summed E-state index contributed by atoms with van der Waals surface area (Å²) in [7, 11) is 0. The van der Waals surface area contributed by atoms with Crippen molar-refractivity contribution in [3.05, 3.63) is 12.3 Å². The van der Waals surface area contributed by atoms with E-state index in [1.54, 1.807) is 0 Å². The molecule has 0 spiro atoms. The zero-order valence-electron chi connectivity index (χ0n) is 5.40. The van der Waals surface area contributed by atoms with Crippen molar-refractivity contribution in [2.75, 3.05) is 6.61 Å². The first-order valence-electron chi connectivity index (χ1n) is 2.98. The van der Waals surface area contributed by atoms with Crippen molar-refractivity contribution in [3.8, 4) is 0 Å². The third-order valence-electron chi connectivity index (χ3n) is 1.49. The molecule has 0 amide bonds. The molecule has 1 rings (SSSR count). The van der Waals surface area contributed by atoms with Gasteiger partial charge in [0.2, 0.25) is 0 Å². The van der Waals surface area contributed by atoms with Gasteiger partial charge in [-0.3, -0.25) is 0 Å². The highest BCUT2D eigenvalue weighted by atomic mass is 16.5. The minimum absolute atomic E-state index is 0.00292. The summed E-state index contributed by atoms with van der Waals surface area (Å²) < 4.78 is 4.72. The van der Waals surface area contributed by atoms with Crippen LogP contribution in [0.1, 0.15) is 0 Å². The molecule has 3 N–H and O–H groups in total. The summed E-state index contributed by atoms with van der Waals surface area (Å²) in [6.07, 6.45) is -3.34. The molecule has 58 valence electrons. The van der Waals surface area contributed by atoms with E-state index in [-0.39, 0.29) is 12.4 Å². The summed E-state index contributed by atoms with van der Waals surface area (Å²) in [5, 5.41) is 26.8. The average molecular weight is 146 g/mol. The summed E-state index contributed by atoms with van der Waals surface area (Å²) in [6, 6.07) is 0. The molecule has 10 heavy (non-hydrogen) atoms. The smallest absolute Gasteiger partial charge is 0.139 e. The Labute approximate surface area is 58.4 Å². The van der Waals surface area contributed by atoms with Gasteiger partial charge in [0.25, 0.3) is 0 Å². The molecule has 0 aromatic rings. The van der Waals surface area contributed by atoms with Crippen molar-refractivity contribution < 1.29 is 20.1 Å². The summed E-state index contributed by atoms with van der Waals surface area (Å²) in [4.78, 5) is 0. The fourth-order valence-electron chi connectivity index (χ4n) is 0.777. The lowest BCUT2D eigenvalue weighted by molar-refractivity contribution is -0.118. The van der Waals surface area contributed by atoms with E-state index in [4.69, 9.17) is 20.1 Å². The van der Waals surface area contributed by atoms with E-state index in [1.807, 2.05) is 0 Å². The molecule has 1 fully saturated rings. The Hall–Kier alpha value is -0.580. The van der Waals surface area contributed by atoms with Crippen LogP contribution >= 0.6 is 0 Å². The molecule has 1 aliphatic rings. The normalized spacial score (nSPS) is 41.1. The van der Waals surface area contributed by atoms with Gasteiger partial charge in [-0.2, -0.15) is 0 Å². The lowest BCUT2D eigenvalue weighted by atomic mass is 10.1. The van der Waals surface area contributed by atoms with Crippen LogP contribution < -0.4 is 0 Å². The van der Waals surface area contributed by atoms with E-state index < -0.39 is 18.3 Å². The summed E-state index contributed by atoms with van der Waals surface area (Å²) in [5.41, 5.74) is 0. The molecule has 4 nitrogen and oxygen atoms in total. The second kappa shape index (κ2) is 2.57. The van der Waals surface area contributed by atoms with Crippen molar-refractivity contribution in [3.63, 3.8) is 0 Å². The van der Waals surface area contributed by atoms with Gasteiger partial charge in [0, 0.05) is 0 Å². The number of rotatable bonds is 0. The Morgan fingerprint density at radius 2 is 2.00 bits per heavy atom. The van der Waals surface area contributed by atoms with Crippen molar-refractivity contribution in [1.29, 1.82) is 0 Å². The Bertz CT molecular complexity index is 145. The van der Waals surface area contributed by atoms with Crippen LogP contribution in [0.25, 0.3) is 0 Å². The SMILES string of the molecule is C=C1OC[C@H](O)[C@@H](O)[C@@H]1O. The van der Waals surface area contributed by atoms with Crippen LogP contribution in [0.5, 0.6) is 0 Å². The molecule has 0 unspecified atom stereocenters. The zero-order valence-corrected chi connectivity index (χ0v) is 5.40. The maximum atomic E-state index is 8.98. The fraction of sp³-hybridized carbons (Fsp3) is 0.667. The molecule has 0 aliphatic carbocycles. The van der Waals surface area contributed by atoms with Gasteiger partial charge in [-0.15, -0.1) is 0 Å². The quantitative estimate of drug-likeness (QED) is 0.393. The van der Waals surface area contributed by atoms with Crippen molar-refractivity contribution >= 4 is 0 Å². The van der Waals surface area contributed by atoms with Gasteiger partial charge < -0.3 is 20.1 Å². The van der Waals surface area contributed by atoms with E-state index in [0.29, 0.717) is 0 Å². The van der Waals surface area contributed by atoms with Gasteiger partial charge >= 0.3 is 0 Å². The number of aliphatic hydroxyl groups excluding tert-OH is 3. The zero-order chi connectivity index (χ0) is 7.72. The van der Waals surface area contributed by atoms with E-state index in [1.165, 1.54) is 0 Å². The Kier molecular flexibility index (Phi) is 1.94. The molecule has 1 heterocycles. The van der Waals surface area contributed by atoms with Crippen LogP contribution in [-0.4, -0.2) is 40.2 Å². The summed E-state index contributed by atoms with van der Waals surface area (Å²) >= 11 is 0. The molecule has 0 saturated carbocycles. The summed E-state index contributed by atoms with van der Waals surface area (Å²) in [6.45, 7) is 3.33. The Morgan fingerprint density at radius 1 is 1.40 bits per heavy atom. The predicted molar refractivity (Wildman–Crippen MR) is 33.1 cm³/mol. The van der Waals surface area contributed by atoms with Gasteiger partial charge in [0.05, 0.1) is 0 Å². The first-order chi connectivity index (χ1) is 4.63. The molecule has 0 aromatic heterocycles. The van der Waals surface area contributed by atoms with Crippen LogP contribution in [0.3, 0.4) is 0 Å². The number of hydrogen-bond acceptors (Lipinski definition) is 4. The number of aliphatic hydroxyl groups is 3. The number of hydrogen-bond donors (Lipinski definition) is 3.